The Morgan fingerprint density at radius 3 is 3.00 bits per heavy atom. The number of carbonyl (C=O) groups excluding carboxylic acids is 1. The Bertz CT molecular complexity index is 919. The van der Waals surface area contributed by atoms with Gasteiger partial charge in [-0.2, -0.15) is 0 Å². The fourth-order valence-electron chi connectivity index (χ4n) is 3.45. The van der Waals surface area contributed by atoms with Gasteiger partial charge in [0.2, 0.25) is 5.91 Å². The number of carbonyl (C=O) groups is 1. The second-order valence-electron chi connectivity index (χ2n) is 6.97. The average molecular weight is 366 g/mol. The number of pyridine rings is 1. The summed E-state index contributed by atoms with van der Waals surface area (Å²) in [4.78, 5) is 24.8. The average Bonchev–Trinajstić information content (AvgIpc) is 3.07. The van der Waals surface area contributed by atoms with Crippen LogP contribution in [0.1, 0.15) is 18.4 Å². The van der Waals surface area contributed by atoms with Gasteiger partial charge in [0, 0.05) is 24.0 Å². The Morgan fingerprint density at radius 1 is 1.35 bits per heavy atom. The van der Waals surface area contributed by atoms with Gasteiger partial charge in [-0.15, -0.1) is 0 Å². The van der Waals surface area contributed by atoms with E-state index in [2.05, 4.69) is 33.3 Å². The van der Waals surface area contributed by atoms with Crippen molar-refractivity contribution in [3.8, 4) is 10.6 Å². The Hall–Kier alpha value is -2.31. The van der Waals surface area contributed by atoms with Crippen LogP contribution in [-0.2, 0) is 4.79 Å². The summed E-state index contributed by atoms with van der Waals surface area (Å²) in [6.07, 6.45) is 3.83. The second-order valence-corrected chi connectivity index (χ2v) is 7.94. The van der Waals surface area contributed by atoms with Gasteiger partial charge in [0.25, 0.3) is 0 Å². The van der Waals surface area contributed by atoms with Crippen molar-refractivity contribution in [2.24, 2.45) is 5.92 Å². The van der Waals surface area contributed by atoms with Crippen molar-refractivity contribution in [2.75, 3.05) is 25.5 Å². The normalized spacial score (nSPS) is 18.2. The maximum atomic E-state index is 12.6. The molecule has 1 aliphatic rings. The smallest absolute Gasteiger partial charge is 0.228 e. The van der Waals surface area contributed by atoms with Crippen LogP contribution >= 0.6 is 11.3 Å². The lowest BCUT2D eigenvalue weighted by Crippen LogP contribution is -2.38. The summed E-state index contributed by atoms with van der Waals surface area (Å²) in [5.41, 5.74) is 3.91. The molecule has 1 amide bonds. The Morgan fingerprint density at radius 2 is 2.23 bits per heavy atom. The Labute approximate surface area is 157 Å². The molecule has 0 bridgehead atoms. The molecule has 1 atom stereocenters. The number of nitrogens with one attached hydrogen (secondary N) is 1. The maximum Gasteiger partial charge on any atom is 0.228 e. The molecule has 1 N–H and O–H groups in total. The lowest BCUT2D eigenvalue weighted by molar-refractivity contribution is -0.121. The minimum atomic E-state index is 0.0724. The third kappa shape index (κ3) is 3.48. The number of rotatable bonds is 3. The van der Waals surface area contributed by atoms with E-state index in [9.17, 15) is 4.79 Å². The van der Waals surface area contributed by atoms with Crippen LogP contribution in [0, 0.1) is 12.8 Å². The molecule has 1 fully saturated rings. The van der Waals surface area contributed by atoms with Crippen molar-refractivity contribution in [1.29, 1.82) is 0 Å². The number of fused-ring (bicyclic) bond motifs is 1. The summed E-state index contributed by atoms with van der Waals surface area (Å²) in [5, 5.41) is 4.06. The topological polar surface area (TPSA) is 58.1 Å². The lowest BCUT2D eigenvalue weighted by Gasteiger charge is -2.28. The standard InChI is InChI=1S/C20H22N4OS/c1-13-11-14(19-23-17-6-3-9-21-20(17)26-19)7-8-16(13)22-18(25)15-5-4-10-24(2)12-15/h3,6-9,11,15H,4-5,10,12H2,1-2H3,(H,22,25). The van der Waals surface area contributed by atoms with Crippen LogP contribution in [0.3, 0.4) is 0 Å². The predicted octanol–water partition coefficient (Wildman–Crippen LogP) is 3.95. The molecule has 0 saturated carbocycles. The van der Waals surface area contributed by atoms with Crippen molar-refractivity contribution >= 4 is 33.3 Å². The van der Waals surface area contributed by atoms with Crippen LogP contribution in [-0.4, -0.2) is 40.9 Å². The number of likely N-dealkylation sites (tertiary alicyclic amines) is 1. The van der Waals surface area contributed by atoms with Gasteiger partial charge in [-0.1, -0.05) is 11.3 Å². The number of aryl methyl sites for hydroxylation is 1. The highest BCUT2D eigenvalue weighted by molar-refractivity contribution is 7.21. The molecule has 0 radical (unpaired) electrons. The molecule has 6 heteroatoms. The molecular formula is C20H22N4OS. The van der Waals surface area contributed by atoms with Crippen molar-refractivity contribution in [1.82, 2.24) is 14.9 Å². The SMILES string of the molecule is Cc1cc(-c2nc3cccnc3s2)ccc1NC(=O)C1CCCN(C)C1. The van der Waals surface area contributed by atoms with Crippen LogP contribution in [0.2, 0.25) is 0 Å². The second kappa shape index (κ2) is 7.13. The largest absolute Gasteiger partial charge is 0.326 e. The molecular weight excluding hydrogens is 344 g/mol. The summed E-state index contributed by atoms with van der Waals surface area (Å²) in [7, 11) is 2.08. The zero-order valence-electron chi connectivity index (χ0n) is 15.0. The first kappa shape index (κ1) is 17.1. The van der Waals surface area contributed by atoms with Gasteiger partial charge >= 0.3 is 0 Å². The number of nitrogens with zero attached hydrogens (tertiary/aromatic N) is 3. The maximum absolute atomic E-state index is 12.6. The minimum absolute atomic E-state index is 0.0724. The van der Waals surface area contributed by atoms with E-state index in [0.717, 1.165) is 58.1 Å². The molecule has 26 heavy (non-hydrogen) atoms. The van der Waals surface area contributed by atoms with E-state index >= 15 is 0 Å². The molecule has 5 nitrogen and oxygen atoms in total. The molecule has 1 aromatic carbocycles. The highest BCUT2D eigenvalue weighted by Gasteiger charge is 2.24. The quantitative estimate of drug-likeness (QED) is 0.763. The highest BCUT2D eigenvalue weighted by Crippen LogP contribution is 2.31. The monoisotopic (exact) mass is 366 g/mol. The first-order chi connectivity index (χ1) is 12.6. The van der Waals surface area contributed by atoms with Crippen LogP contribution < -0.4 is 5.32 Å². The summed E-state index contributed by atoms with van der Waals surface area (Å²) in [5.74, 6) is 0.194. The number of aromatic nitrogens is 2. The summed E-state index contributed by atoms with van der Waals surface area (Å²) in [6, 6.07) is 9.96. The zero-order valence-corrected chi connectivity index (χ0v) is 15.8. The Kier molecular flexibility index (Phi) is 4.70. The number of thiazole rings is 1. The van der Waals surface area contributed by atoms with Crippen LogP contribution in [0.25, 0.3) is 20.9 Å². The molecule has 4 rings (SSSR count). The van der Waals surface area contributed by atoms with Gasteiger partial charge < -0.3 is 10.2 Å². The van der Waals surface area contributed by atoms with Crippen molar-refractivity contribution < 1.29 is 4.79 Å². The fourth-order valence-corrected chi connectivity index (χ4v) is 4.35. The third-order valence-electron chi connectivity index (χ3n) is 4.89. The molecule has 1 saturated heterocycles. The van der Waals surface area contributed by atoms with Crippen molar-refractivity contribution in [2.45, 2.75) is 19.8 Å². The third-order valence-corrected chi connectivity index (χ3v) is 5.92. The molecule has 3 aromatic rings. The number of benzene rings is 1. The Balaban J connectivity index is 1.53. The molecule has 2 aromatic heterocycles. The molecule has 134 valence electrons. The van der Waals surface area contributed by atoms with Gasteiger partial charge in [0.15, 0.2) is 0 Å². The molecule has 0 aliphatic carbocycles. The molecule has 3 heterocycles. The van der Waals surface area contributed by atoms with E-state index in [0.29, 0.717) is 0 Å². The number of amides is 1. The fraction of sp³-hybridized carbons (Fsp3) is 0.350. The number of hydrogen-bond donors (Lipinski definition) is 1. The van der Waals surface area contributed by atoms with Crippen LogP contribution in [0.4, 0.5) is 5.69 Å². The summed E-state index contributed by atoms with van der Waals surface area (Å²) in [6.45, 7) is 3.94. The molecule has 1 unspecified atom stereocenters. The van der Waals surface area contributed by atoms with Gasteiger partial charge in [-0.05, 0) is 69.3 Å². The molecule has 1 aliphatic heterocycles. The van der Waals surface area contributed by atoms with Gasteiger partial charge in [-0.3, -0.25) is 4.79 Å². The van der Waals surface area contributed by atoms with E-state index in [1.54, 1.807) is 17.5 Å². The van der Waals surface area contributed by atoms with Gasteiger partial charge in [0.1, 0.15) is 15.4 Å². The van der Waals surface area contributed by atoms with Gasteiger partial charge in [-0.25, -0.2) is 9.97 Å². The number of anilines is 1. The van der Waals surface area contributed by atoms with Crippen molar-refractivity contribution in [3.05, 3.63) is 42.1 Å². The summed E-state index contributed by atoms with van der Waals surface area (Å²) >= 11 is 1.59. The van der Waals surface area contributed by atoms with E-state index < -0.39 is 0 Å². The minimum Gasteiger partial charge on any atom is -0.326 e. The highest BCUT2D eigenvalue weighted by atomic mass is 32.1. The van der Waals surface area contributed by atoms with E-state index in [-0.39, 0.29) is 11.8 Å². The number of piperidine rings is 1. The number of hydrogen-bond acceptors (Lipinski definition) is 5. The first-order valence-corrected chi connectivity index (χ1v) is 9.74. The lowest BCUT2D eigenvalue weighted by atomic mass is 9.97. The van der Waals surface area contributed by atoms with Crippen LogP contribution in [0.5, 0.6) is 0 Å². The van der Waals surface area contributed by atoms with Crippen molar-refractivity contribution in [3.63, 3.8) is 0 Å². The summed E-state index contributed by atoms with van der Waals surface area (Å²) < 4.78 is 0. The van der Waals surface area contributed by atoms with E-state index in [4.69, 9.17) is 0 Å². The van der Waals surface area contributed by atoms with Gasteiger partial charge in [0.05, 0.1) is 5.92 Å². The van der Waals surface area contributed by atoms with E-state index in [1.165, 1.54) is 0 Å². The first-order valence-electron chi connectivity index (χ1n) is 8.92. The zero-order chi connectivity index (χ0) is 18.1. The predicted molar refractivity (Wildman–Crippen MR) is 106 cm³/mol. The van der Waals surface area contributed by atoms with Crippen LogP contribution in [0.15, 0.2) is 36.5 Å². The molecule has 0 spiro atoms. The van der Waals surface area contributed by atoms with E-state index in [1.807, 2.05) is 31.2 Å².